The van der Waals surface area contributed by atoms with Crippen LogP contribution in [0.4, 0.5) is 11.6 Å². The molecular weight excluding hydrogens is 927 g/mol. The zero-order valence-corrected chi connectivity index (χ0v) is 41.1. The van der Waals surface area contributed by atoms with Crippen LogP contribution in [0.2, 0.25) is 0 Å². The van der Waals surface area contributed by atoms with Crippen LogP contribution >= 0.6 is 0 Å². The molecule has 7 heteroatoms. The normalized spacial score (nSPS) is 14.8. The average Bonchev–Trinajstić information content (AvgIpc) is 4.42. The highest BCUT2D eigenvalue weighted by atomic mass is 15.4. The van der Waals surface area contributed by atoms with Crippen molar-refractivity contribution in [1.82, 2.24) is 28.7 Å². The summed E-state index contributed by atoms with van der Waals surface area (Å²) in [7, 11) is 0. The van der Waals surface area contributed by atoms with Crippen molar-refractivity contribution in [2.24, 2.45) is 0 Å². The van der Waals surface area contributed by atoms with Crippen molar-refractivity contribution >= 4 is 72.2 Å². The lowest BCUT2D eigenvalue weighted by atomic mass is 9.86. The number of aromatic nitrogens is 6. The fourth-order valence-electron chi connectivity index (χ4n) is 12.6. The minimum Gasteiger partial charge on any atom is -0.311 e. The monoisotopic (exact) mass is 971 g/mol. The molecule has 2 atom stereocenters. The molecule has 0 N–H and O–H groups in total. The number of para-hydroxylation sites is 6. The van der Waals surface area contributed by atoms with Gasteiger partial charge in [0.25, 0.3) is 0 Å². The predicted molar refractivity (Wildman–Crippen MR) is 311 cm³/mol. The highest BCUT2D eigenvalue weighted by Gasteiger charge is 2.45. The van der Waals surface area contributed by atoms with Gasteiger partial charge in [0, 0.05) is 61.0 Å². The molecule has 0 radical (unpaired) electrons. The average molecular weight is 972 g/mol. The van der Waals surface area contributed by atoms with Gasteiger partial charge in [-0.25, -0.2) is 0 Å². The molecule has 4 aromatic heterocycles. The Morgan fingerprint density at radius 3 is 1.45 bits per heavy atom. The third-order valence-electron chi connectivity index (χ3n) is 15.8. The highest BCUT2D eigenvalue weighted by Crippen LogP contribution is 2.57. The second-order valence-electron chi connectivity index (χ2n) is 19.9. The van der Waals surface area contributed by atoms with Crippen molar-refractivity contribution in [3.63, 3.8) is 0 Å². The Bertz CT molecular complexity index is 4590. The molecule has 76 heavy (non-hydrogen) atoms. The van der Waals surface area contributed by atoms with Crippen LogP contribution in [0.1, 0.15) is 28.8 Å². The van der Waals surface area contributed by atoms with E-state index in [1.54, 1.807) is 0 Å². The van der Waals surface area contributed by atoms with E-state index in [2.05, 4.69) is 279 Å². The van der Waals surface area contributed by atoms with Gasteiger partial charge in [-0.05, 0) is 94.5 Å². The van der Waals surface area contributed by atoms with E-state index in [0.717, 1.165) is 88.6 Å². The van der Waals surface area contributed by atoms with Crippen LogP contribution in [0.5, 0.6) is 0 Å². The Kier molecular flexibility index (Phi) is 9.32. The molecule has 5 heterocycles. The van der Waals surface area contributed by atoms with Gasteiger partial charge >= 0.3 is 0 Å². The Balaban J connectivity index is 1.04. The van der Waals surface area contributed by atoms with Crippen molar-refractivity contribution in [1.29, 1.82) is 0 Å². The number of hydrogen-bond donors (Lipinski definition) is 0. The van der Waals surface area contributed by atoms with Gasteiger partial charge in [-0.1, -0.05) is 194 Å². The first-order valence-corrected chi connectivity index (χ1v) is 26.0. The first-order chi connectivity index (χ1) is 37.7. The quantitative estimate of drug-likeness (QED) is 0.160. The summed E-state index contributed by atoms with van der Waals surface area (Å²) in [6, 6.07) is 89.0. The Morgan fingerprint density at radius 2 is 0.816 bits per heavy atom. The van der Waals surface area contributed by atoms with E-state index in [4.69, 9.17) is 15.0 Å². The van der Waals surface area contributed by atoms with Crippen molar-refractivity contribution < 1.29 is 0 Å². The molecule has 0 fully saturated rings. The van der Waals surface area contributed by atoms with E-state index >= 15 is 0 Å². The van der Waals surface area contributed by atoms with Crippen LogP contribution in [-0.2, 0) is 0 Å². The largest absolute Gasteiger partial charge is 0.311 e. The van der Waals surface area contributed by atoms with Gasteiger partial charge in [-0.15, -0.1) is 0 Å². The first-order valence-electron chi connectivity index (χ1n) is 26.0. The zero-order valence-electron chi connectivity index (χ0n) is 41.1. The summed E-state index contributed by atoms with van der Waals surface area (Å²) < 4.78 is 7.20. The van der Waals surface area contributed by atoms with Crippen LogP contribution in [-0.4, -0.2) is 28.7 Å². The molecule has 10 aromatic carbocycles. The lowest BCUT2D eigenvalue weighted by Gasteiger charge is -2.32. The molecule has 7 nitrogen and oxygen atoms in total. The van der Waals surface area contributed by atoms with Gasteiger partial charge < -0.3 is 14.0 Å². The van der Waals surface area contributed by atoms with Crippen LogP contribution in [0.15, 0.2) is 255 Å². The molecule has 0 saturated carbocycles. The predicted octanol–water partition coefficient (Wildman–Crippen LogP) is 17.0. The Labute approximate surface area is 438 Å². The molecule has 14 aromatic rings. The molecule has 0 amide bonds. The van der Waals surface area contributed by atoms with Crippen LogP contribution in [0.25, 0.3) is 112 Å². The summed E-state index contributed by atoms with van der Waals surface area (Å²) in [5.74, 6) is 1.68. The molecule has 0 saturated heterocycles. The van der Waals surface area contributed by atoms with Gasteiger partial charge in [-0.3, -0.25) is 4.57 Å². The van der Waals surface area contributed by atoms with E-state index in [-0.39, 0.29) is 12.0 Å². The number of anilines is 2. The molecule has 2 aliphatic rings. The number of fused-ring (bicyclic) bond motifs is 14. The van der Waals surface area contributed by atoms with Gasteiger partial charge in [-0.2, -0.15) is 15.0 Å². The van der Waals surface area contributed by atoms with E-state index in [0.29, 0.717) is 17.7 Å². The summed E-state index contributed by atoms with van der Waals surface area (Å²) in [6.07, 6.45) is 4.75. The smallest absolute Gasteiger partial charge is 0.240 e. The summed E-state index contributed by atoms with van der Waals surface area (Å²) in [6.45, 7) is 0. The molecule has 0 spiro atoms. The maximum absolute atomic E-state index is 5.85. The van der Waals surface area contributed by atoms with E-state index < -0.39 is 0 Å². The third-order valence-corrected chi connectivity index (χ3v) is 15.8. The van der Waals surface area contributed by atoms with E-state index in [9.17, 15) is 0 Å². The zero-order chi connectivity index (χ0) is 49.8. The minimum atomic E-state index is -0.214. The van der Waals surface area contributed by atoms with Gasteiger partial charge in [0.2, 0.25) is 11.9 Å². The Morgan fingerprint density at radius 1 is 0.342 bits per heavy atom. The summed E-state index contributed by atoms with van der Waals surface area (Å²) in [4.78, 5) is 19.8. The summed E-state index contributed by atoms with van der Waals surface area (Å²) in [5, 5.41) is 5.77. The lowest BCUT2D eigenvalue weighted by molar-refractivity contribution is 0.625. The topological polar surface area (TPSA) is 56.7 Å². The minimum absolute atomic E-state index is 0.000302. The van der Waals surface area contributed by atoms with Crippen LogP contribution in [0, 0.1) is 0 Å². The number of nitrogens with zero attached hydrogens (tertiary/aromatic N) is 7. The van der Waals surface area contributed by atoms with Crippen molar-refractivity contribution in [2.75, 3.05) is 4.90 Å². The van der Waals surface area contributed by atoms with Crippen molar-refractivity contribution in [2.45, 2.75) is 12.0 Å². The SMILES string of the molecule is C1=CC2c3ccccc3N(c3nc(-c4cc(-c5ccccc5)cc(-c5ccccc5)c4)nc(-n4c5ccccc5c5ccc6c7ccccc7n(-c7ccccc7)c6c54)n3)C2c2c1c1ccccc1n2-c1ccccc1. The maximum Gasteiger partial charge on any atom is 0.240 e. The van der Waals surface area contributed by atoms with E-state index in [1.807, 2.05) is 0 Å². The molecule has 2 unspecified atom stereocenters. The van der Waals surface area contributed by atoms with Gasteiger partial charge in [0.1, 0.15) is 0 Å². The lowest BCUT2D eigenvalue weighted by Crippen LogP contribution is -2.28. The fraction of sp³-hybridized carbons (Fsp3) is 0.0290. The van der Waals surface area contributed by atoms with Gasteiger partial charge in [0.05, 0.1) is 39.3 Å². The summed E-state index contributed by atoms with van der Waals surface area (Å²) >= 11 is 0. The number of rotatable bonds is 7. The summed E-state index contributed by atoms with van der Waals surface area (Å²) in [5.41, 5.74) is 17.6. The second-order valence-corrected chi connectivity index (χ2v) is 19.9. The molecule has 1 aliphatic heterocycles. The van der Waals surface area contributed by atoms with Crippen LogP contribution < -0.4 is 4.90 Å². The Hall–Kier alpha value is -10.1. The van der Waals surface area contributed by atoms with Crippen molar-refractivity contribution in [3.8, 4) is 51.0 Å². The maximum atomic E-state index is 5.85. The molecule has 0 bridgehead atoms. The van der Waals surface area contributed by atoms with Crippen molar-refractivity contribution in [3.05, 3.63) is 272 Å². The van der Waals surface area contributed by atoms with E-state index in [1.165, 1.54) is 27.6 Å². The molecule has 16 rings (SSSR count). The number of hydrogen-bond acceptors (Lipinski definition) is 4. The van der Waals surface area contributed by atoms with Gasteiger partial charge in [0.15, 0.2) is 5.82 Å². The standard InChI is InChI=1S/C69H45N7/c1-5-21-44(22-6-1)46-41-47(45-23-7-2-8-24-45)43-48(42-46)67-70-68(75-61-35-19-15-31-53(61)57-39-37-55-51-29-13-17-33-59(51)73(63(55)65(57)75)49-25-9-3-10-26-49)72-69(71-67)76-62-36-20-16-32-54(62)58-40-38-56-52-30-14-18-34-60(52)74(64(56)66(58)76)50-27-11-4-12-28-50/h1-43,57,65H. The van der Waals surface area contributed by atoms with Crippen LogP contribution in [0.3, 0.4) is 0 Å². The first kappa shape index (κ1) is 42.4. The second kappa shape index (κ2) is 16.7. The molecule has 356 valence electrons. The molecule has 1 aliphatic carbocycles. The number of benzene rings is 10. The highest BCUT2D eigenvalue weighted by molar-refractivity contribution is 6.23. The fourth-order valence-corrected chi connectivity index (χ4v) is 12.6. The molecular formula is C69H45N7. The third kappa shape index (κ3) is 6.32.